The first-order chi connectivity index (χ1) is 24.0. The molecule has 290 valence electrons. The van der Waals surface area contributed by atoms with Crippen molar-refractivity contribution in [1.29, 1.82) is 0 Å². The van der Waals surface area contributed by atoms with Gasteiger partial charge in [0, 0.05) is 58.0 Å². The third-order valence-corrected chi connectivity index (χ3v) is 10.5. The summed E-state index contributed by atoms with van der Waals surface area (Å²) in [5, 5.41) is 40.9. The highest BCUT2D eigenvalue weighted by Crippen LogP contribution is 2.37. The van der Waals surface area contributed by atoms with Gasteiger partial charge in [-0.15, -0.1) is 0 Å². The average Bonchev–Trinajstić information content (AvgIpc) is 3.84. The molecule has 0 aromatic carbocycles. The van der Waals surface area contributed by atoms with Gasteiger partial charge in [0.15, 0.2) is 6.10 Å². The molecule has 3 aliphatic rings. The van der Waals surface area contributed by atoms with E-state index in [9.17, 15) is 29.7 Å². The number of carboxylic acid groups (broad SMARTS) is 1. The second kappa shape index (κ2) is 19.3. The van der Waals surface area contributed by atoms with Gasteiger partial charge in [-0.3, -0.25) is 14.5 Å². The van der Waals surface area contributed by atoms with E-state index in [2.05, 4.69) is 4.90 Å². The number of amides is 1. The number of hydrogen-bond acceptors (Lipinski definition) is 11. The topological polar surface area (TPSA) is 179 Å². The Morgan fingerprint density at radius 2 is 1.90 bits per heavy atom. The van der Waals surface area contributed by atoms with Gasteiger partial charge in [-0.1, -0.05) is 45.1 Å². The first-order valence-corrected chi connectivity index (χ1v) is 18.4. The monoisotopic (exact) mass is 722 g/mol. The molecule has 13 nitrogen and oxygen atoms in total. The van der Waals surface area contributed by atoms with Crippen molar-refractivity contribution in [2.45, 2.75) is 134 Å². The van der Waals surface area contributed by atoms with E-state index in [0.717, 1.165) is 0 Å². The second-order valence-electron chi connectivity index (χ2n) is 15.0. The molecule has 3 aliphatic heterocycles. The van der Waals surface area contributed by atoms with Crippen molar-refractivity contribution in [3.05, 3.63) is 36.0 Å². The summed E-state index contributed by atoms with van der Waals surface area (Å²) in [6, 6.07) is 0. The van der Waals surface area contributed by atoms with Crippen LogP contribution in [0.1, 0.15) is 86.5 Å². The van der Waals surface area contributed by atoms with Crippen LogP contribution >= 0.6 is 0 Å². The van der Waals surface area contributed by atoms with Gasteiger partial charge in [0.2, 0.25) is 0 Å². The summed E-state index contributed by atoms with van der Waals surface area (Å²) < 4.78 is 23.6. The Kier molecular flexibility index (Phi) is 16.1. The van der Waals surface area contributed by atoms with E-state index in [1.54, 1.807) is 36.1 Å². The number of piperazine rings is 1. The van der Waals surface area contributed by atoms with Crippen molar-refractivity contribution in [2.75, 3.05) is 39.8 Å². The molecule has 10 atom stereocenters. The molecule has 4 N–H and O–H groups in total. The van der Waals surface area contributed by atoms with Gasteiger partial charge >= 0.3 is 18.0 Å². The Morgan fingerprint density at radius 1 is 1.22 bits per heavy atom. The maximum absolute atomic E-state index is 13.4. The Labute approximate surface area is 303 Å². The van der Waals surface area contributed by atoms with Gasteiger partial charge in [-0.2, -0.15) is 0 Å². The third-order valence-electron chi connectivity index (χ3n) is 10.5. The lowest BCUT2D eigenvalue weighted by Gasteiger charge is -2.38. The number of aliphatic hydroxyl groups excluding tert-OH is 2. The fourth-order valence-electron chi connectivity index (χ4n) is 6.80. The highest BCUT2D eigenvalue weighted by Gasteiger charge is 2.47. The average molecular weight is 723 g/mol. The lowest BCUT2D eigenvalue weighted by molar-refractivity contribution is -0.151. The zero-order valence-electron chi connectivity index (χ0n) is 31.5. The van der Waals surface area contributed by atoms with Crippen molar-refractivity contribution in [3.63, 3.8) is 0 Å². The fraction of sp³-hybridized carbons (Fsp3) is 0.763. The predicted octanol–water partition coefficient (Wildman–Crippen LogP) is 3.85. The summed E-state index contributed by atoms with van der Waals surface area (Å²) >= 11 is 0. The van der Waals surface area contributed by atoms with Gasteiger partial charge in [0.05, 0.1) is 36.4 Å². The van der Waals surface area contributed by atoms with Crippen LogP contribution in [0.4, 0.5) is 4.79 Å². The first-order valence-electron chi connectivity index (χ1n) is 18.4. The number of nitrogens with zero attached hydrogens (tertiary/aromatic N) is 2. The van der Waals surface area contributed by atoms with Crippen molar-refractivity contribution >= 4 is 18.0 Å². The van der Waals surface area contributed by atoms with Crippen LogP contribution in [-0.4, -0.2) is 136 Å². The molecule has 0 aromatic heterocycles. The molecular weight excluding hydrogens is 660 g/mol. The number of methoxy groups -OCH3 is 1. The van der Waals surface area contributed by atoms with Gasteiger partial charge in [0.1, 0.15) is 11.7 Å². The smallest absolute Gasteiger partial charge is 0.410 e. The minimum atomic E-state index is -1.17. The second-order valence-corrected chi connectivity index (χ2v) is 15.0. The Hall–Kier alpha value is -2.81. The number of carbonyl (C=O) groups excluding carboxylic acids is 2. The lowest BCUT2D eigenvalue weighted by atomic mass is 9.88. The normalized spacial score (nSPS) is 32.9. The van der Waals surface area contributed by atoms with Crippen LogP contribution in [0.2, 0.25) is 0 Å². The molecule has 0 aliphatic carbocycles. The highest BCUT2D eigenvalue weighted by molar-refractivity contribution is 5.70. The van der Waals surface area contributed by atoms with E-state index in [1.165, 1.54) is 7.11 Å². The molecule has 0 spiro atoms. The SMILES string of the molecule is CC[C@H](O)[C@@H](C)[C@@H]1O[C@@H]1C[C@@](C)(O)/C=C/C=C(\C)[C@H]1OC(=O)C[C@H](O)CC[C@@](C)(OC)[C@@H](OC(=O)N2CCN(CCCC(=O)O)CC2)/C=C\[C@@H]1C. The summed E-state index contributed by atoms with van der Waals surface area (Å²) in [6.07, 6.45) is 7.08. The first kappa shape index (κ1) is 42.6. The summed E-state index contributed by atoms with van der Waals surface area (Å²) in [5.41, 5.74) is -1.45. The number of allylic oxidation sites excluding steroid dienone is 2. The number of epoxide rings is 1. The van der Waals surface area contributed by atoms with E-state index in [4.69, 9.17) is 24.1 Å². The molecule has 13 heteroatoms. The molecule has 2 saturated heterocycles. The quantitative estimate of drug-likeness (QED) is 0.0883. The van der Waals surface area contributed by atoms with Crippen LogP contribution < -0.4 is 0 Å². The van der Waals surface area contributed by atoms with Crippen LogP contribution in [-0.2, 0) is 28.5 Å². The molecule has 0 bridgehead atoms. The Balaban J connectivity index is 1.73. The van der Waals surface area contributed by atoms with Crippen LogP contribution in [0.15, 0.2) is 36.0 Å². The van der Waals surface area contributed by atoms with E-state index < -0.39 is 53.6 Å². The number of carboxylic acids is 1. The van der Waals surface area contributed by atoms with Gasteiger partial charge in [-0.25, -0.2) is 4.79 Å². The standard InChI is InChI=1S/C38H62N2O11/c1-8-29(42)27(4)35-30(49-35)24-37(5,47)16-9-11-25(2)34-26(3)13-14-31(38(6,48-7)17-15-28(41)23-33(45)51-34)50-36(46)40-21-19-39(20-22-40)18-10-12-32(43)44/h9,11,13-14,16,26-31,34-35,41-42,47H,8,10,12,15,17-24H2,1-7H3,(H,43,44)/b14-13-,16-9+,25-11+/t26-,27+,28+,29-,30+,31-,34+,35-,37-,38+/m0/s1. The van der Waals surface area contributed by atoms with E-state index in [-0.39, 0.29) is 43.3 Å². The number of hydrogen-bond donors (Lipinski definition) is 4. The largest absolute Gasteiger partial charge is 0.481 e. The van der Waals surface area contributed by atoms with E-state index >= 15 is 0 Å². The molecule has 0 unspecified atom stereocenters. The Morgan fingerprint density at radius 3 is 2.53 bits per heavy atom. The summed E-state index contributed by atoms with van der Waals surface area (Å²) in [6.45, 7) is 13.9. The van der Waals surface area contributed by atoms with Crippen molar-refractivity contribution in [3.8, 4) is 0 Å². The van der Waals surface area contributed by atoms with Crippen LogP contribution in [0.3, 0.4) is 0 Å². The summed E-state index contributed by atoms with van der Waals surface area (Å²) in [4.78, 5) is 41.0. The minimum Gasteiger partial charge on any atom is -0.481 e. The number of aliphatic carboxylic acids is 1. The molecule has 0 aromatic rings. The number of aliphatic hydroxyl groups is 3. The number of carbonyl (C=O) groups is 3. The fourth-order valence-corrected chi connectivity index (χ4v) is 6.80. The van der Waals surface area contributed by atoms with Crippen molar-refractivity contribution in [2.24, 2.45) is 11.8 Å². The molecule has 51 heavy (non-hydrogen) atoms. The molecular formula is C38H62N2O11. The Bertz CT molecular complexity index is 1240. The number of rotatable bonds is 14. The van der Waals surface area contributed by atoms with Gasteiger partial charge < -0.3 is 44.3 Å². The van der Waals surface area contributed by atoms with E-state index in [1.807, 2.05) is 40.7 Å². The lowest BCUT2D eigenvalue weighted by Crippen LogP contribution is -2.51. The number of cyclic esters (lactones) is 1. The van der Waals surface area contributed by atoms with Crippen molar-refractivity contribution in [1.82, 2.24) is 9.80 Å². The van der Waals surface area contributed by atoms with Gasteiger partial charge in [0.25, 0.3) is 0 Å². The maximum atomic E-state index is 13.4. The molecule has 0 saturated carbocycles. The summed E-state index contributed by atoms with van der Waals surface area (Å²) in [5.74, 6) is -1.74. The third kappa shape index (κ3) is 13.3. The molecule has 2 fully saturated rings. The van der Waals surface area contributed by atoms with E-state index in [0.29, 0.717) is 64.0 Å². The number of esters is 1. The number of ether oxygens (including phenoxy) is 4. The zero-order valence-corrected chi connectivity index (χ0v) is 31.5. The van der Waals surface area contributed by atoms with Crippen LogP contribution in [0.25, 0.3) is 0 Å². The highest BCUT2D eigenvalue weighted by atomic mass is 16.6. The van der Waals surface area contributed by atoms with Crippen molar-refractivity contribution < 1.29 is 53.8 Å². The summed E-state index contributed by atoms with van der Waals surface area (Å²) in [7, 11) is 1.53. The molecule has 1 amide bonds. The van der Waals surface area contributed by atoms with Crippen LogP contribution in [0, 0.1) is 11.8 Å². The molecule has 3 rings (SSSR count). The molecule has 0 radical (unpaired) electrons. The minimum absolute atomic E-state index is 0.0190. The zero-order chi connectivity index (χ0) is 37.9. The predicted molar refractivity (Wildman–Crippen MR) is 191 cm³/mol. The maximum Gasteiger partial charge on any atom is 0.410 e. The van der Waals surface area contributed by atoms with Crippen LogP contribution in [0.5, 0.6) is 0 Å². The van der Waals surface area contributed by atoms with Gasteiger partial charge in [-0.05, 0) is 64.6 Å². The molecule has 3 heterocycles.